The molecular formula is C23H34N2O2. The number of aliphatic hydroxyl groups excluding tert-OH is 1. The van der Waals surface area contributed by atoms with E-state index in [1.807, 2.05) is 6.08 Å². The fourth-order valence-electron chi connectivity index (χ4n) is 3.21. The van der Waals surface area contributed by atoms with E-state index in [1.54, 1.807) is 7.11 Å². The van der Waals surface area contributed by atoms with Crippen molar-refractivity contribution in [1.82, 2.24) is 9.47 Å². The fourth-order valence-corrected chi connectivity index (χ4v) is 3.21. The van der Waals surface area contributed by atoms with E-state index >= 15 is 0 Å². The van der Waals surface area contributed by atoms with Crippen LogP contribution in [0.1, 0.15) is 37.6 Å². The highest BCUT2D eigenvalue weighted by molar-refractivity contribution is 5.28. The number of hydrogen-bond acceptors (Lipinski definition) is 3. The molecule has 1 unspecified atom stereocenters. The van der Waals surface area contributed by atoms with Gasteiger partial charge < -0.3 is 14.4 Å². The zero-order chi connectivity index (χ0) is 19.9. The predicted octanol–water partition coefficient (Wildman–Crippen LogP) is 3.83. The monoisotopic (exact) mass is 370 g/mol. The molecule has 1 atom stereocenters. The number of hydrogen-bond donors (Lipinski definition) is 1. The van der Waals surface area contributed by atoms with Gasteiger partial charge in [-0.15, -0.1) is 6.58 Å². The molecule has 0 aliphatic carbocycles. The Morgan fingerprint density at radius 3 is 2.52 bits per heavy atom. The summed E-state index contributed by atoms with van der Waals surface area (Å²) >= 11 is 0. The number of ether oxygens (including phenoxy) is 1. The Bertz CT molecular complexity index is 698. The largest absolute Gasteiger partial charge is 0.389 e. The molecule has 0 saturated heterocycles. The third-order valence-corrected chi connectivity index (χ3v) is 4.70. The molecule has 0 aliphatic rings. The quantitative estimate of drug-likeness (QED) is 0.646. The smallest absolute Gasteiger partial charge is 0.0900 e. The normalized spacial score (nSPS) is 13.1. The van der Waals surface area contributed by atoms with Gasteiger partial charge >= 0.3 is 0 Å². The Hall–Kier alpha value is -1.88. The number of methoxy groups -OCH3 is 1. The van der Waals surface area contributed by atoms with Crippen LogP contribution in [0, 0.1) is 0 Å². The van der Waals surface area contributed by atoms with Crippen molar-refractivity contribution in [1.29, 1.82) is 0 Å². The first kappa shape index (κ1) is 21.4. The molecule has 1 heterocycles. The second kappa shape index (κ2) is 9.88. The van der Waals surface area contributed by atoms with Gasteiger partial charge in [-0.3, -0.25) is 4.90 Å². The first-order chi connectivity index (χ1) is 12.8. The average Bonchev–Trinajstić information content (AvgIpc) is 3.01. The third-order valence-electron chi connectivity index (χ3n) is 4.70. The Morgan fingerprint density at radius 2 is 1.93 bits per heavy atom. The summed E-state index contributed by atoms with van der Waals surface area (Å²) in [6.07, 6.45) is 3.49. The Morgan fingerprint density at radius 1 is 1.22 bits per heavy atom. The molecule has 0 fully saturated rings. The molecule has 0 saturated carbocycles. The second-order valence-corrected chi connectivity index (χ2v) is 8.17. The molecule has 4 nitrogen and oxygen atoms in total. The topological polar surface area (TPSA) is 37.6 Å². The van der Waals surface area contributed by atoms with Crippen molar-refractivity contribution >= 4 is 0 Å². The maximum atomic E-state index is 10.1. The van der Waals surface area contributed by atoms with Crippen LogP contribution < -0.4 is 0 Å². The van der Waals surface area contributed by atoms with Gasteiger partial charge in [-0.2, -0.15) is 0 Å². The molecule has 0 amide bonds. The highest BCUT2D eigenvalue weighted by atomic mass is 16.5. The van der Waals surface area contributed by atoms with Crippen molar-refractivity contribution in [3.05, 3.63) is 72.1 Å². The van der Waals surface area contributed by atoms with E-state index in [2.05, 4.69) is 79.4 Å². The van der Waals surface area contributed by atoms with Crippen LogP contribution in [0.25, 0.3) is 0 Å². The minimum atomic E-state index is -0.497. The summed E-state index contributed by atoms with van der Waals surface area (Å²) in [4.78, 5) is 2.19. The summed E-state index contributed by atoms with van der Waals surface area (Å²) in [5.41, 5.74) is 4.03. The summed E-state index contributed by atoms with van der Waals surface area (Å²) in [5, 5.41) is 10.1. The maximum absolute atomic E-state index is 10.1. The van der Waals surface area contributed by atoms with Crippen molar-refractivity contribution in [3.63, 3.8) is 0 Å². The highest BCUT2D eigenvalue weighted by Crippen LogP contribution is 2.22. The Labute approximate surface area is 164 Å². The molecular weight excluding hydrogens is 336 g/mol. The summed E-state index contributed by atoms with van der Waals surface area (Å²) < 4.78 is 7.32. The lowest BCUT2D eigenvalue weighted by molar-refractivity contribution is 0.0381. The van der Waals surface area contributed by atoms with Crippen LogP contribution in [0.5, 0.6) is 0 Å². The molecule has 0 bridgehead atoms. The van der Waals surface area contributed by atoms with Crippen molar-refractivity contribution in [3.8, 4) is 0 Å². The zero-order valence-corrected chi connectivity index (χ0v) is 17.2. The first-order valence-corrected chi connectivity index (χ1v) is 9.57. The molecule has 148 valence electrons. The number of aromatic nitrogens is 1. The summed E-state index contributed by atoms with van der Waals surface area (Å²) in [6.45, 7) is 13.8. The number of benzene rings is 1. The van der Waals surface area contributed by atoms with Crippen LogP contribution in [0.4, 0.5) is 0 Å². The van der Waals surface area contributed by atoms with Crippen LogP contribution >= 0.6 is 0 Å². The van der Waals surface area contributed by atoms with E-state index in [-0.39, 0.29) is 5.41 Å². The highest BCUT2D eigenvalue weighted by Gasteiger charge is 2.14. The van der Waals surface area contributed by atoms with Crippen LogP contribution in [-0.4, -0.2) is 47.5 Å². The molecule has 1 N–H and O–H groups in total. The molecule has 0 spiro atoms. The lowest BCUT2D eigenvalue weighted by atomic mass is 9.87. The first-order valence-electron chi connectivity index (χ1n) is 9.57. The van der Waals surface area contributed by atoms with Gasteiger partial charge in [-0.1, -0.05) is 51.1 Å². The minimum absolute atomic E-state index is 0.172. The van der Waals surface area contributed by atoms with Gasteiger partial charge in [0.25, 0.3) is 0 Å². The third kappa shape index (κ3) is 6.65. The molecule has 0 radical (unpaired) electrons. The Balaban J connectivity index is 2.06. The van der Waals surface area contributed by atoms with E-state index in [1.165, 1.54) is 16.8 Å². The number of aliphatic hydroxyl groups is 1. The van der Waals surface area contributed by atoms with Gasteiger partial charge in [-0.25, -0.2) is 0 Å². The minimum Gasteiger partial charge on any atom is -0.389 e. The molecule has 27 heavy (non-hydrogen) atoms. The van der Waals surface area contributed by atoms with Gasteiger partial charge in [0, 0.05) is 45.2 Å². The van der Waals surface area contributed by atoms with Crippen LogP contribution in [0.3, 0.4) is 0 Å². The lowest BCUT2D eigenvalue weighted by Gasteiger charge is -2.24. The molecule has 2 aromatic rings. The van der Waals surface area contributed by atoms with Crippen molar-refractivity contribution in [2.24, 2.45) is 0 Å². The van der Waals surface area contributed by atoms with Gasteiger partial charge in [0.05, 0.1) is 12.7 Å². The van der Waals surface area contributed by atoms with Crippen LogP contribution in [0.15, 0.2) is 55.3 Å². The van der Waals surface area contributed by atoms with E-state index < -0.39 is 6.10 Å². The SMILES string of the molecule is C=CCN(Cc1cccn1Cc1ccc(C(C)(C)C)cc1)CC(O)COC. The van der Waals surface area contributed by atoms with Crippen LogP contribution in [0.2, 0.25) is 0 Å². The van der Waals surface area contributed by atoms with Crippen molar-refractivity contribution in [2.75, 3.05) is 26.8 Å². The van der Waals surface area contributed by atoms with E-state index in [4.69, 9.17) is 4.74 Å². The Kier molecular flexibility index (Phi) is 7.84. The van der Waals surface area contributed by atoms with Gasteiger partial charge in [0.15, 0.2) is 0 Å². The molecule has 2 rings (SSSR count). The van der Waals surface area contributed by atoms with Gasteiger partial charge in [0.1, 0.15) is 0 Å². The number of nitrogens with zero attached hydrogens (tertiary/aromatic N) is 2. The maximum Gasteiger partial charge on any atom is 0.0900 e. The summed E-state index contributed by atoms with van der Waals surface area (Å²) in [5.74, 6) is 0. The second-order valence-electron chi connectivity index (χ2n) is 8.17. The lowest BCUT2D eigenvalue weighted by Crippen LogP contribution is -2.35. The summed E-state index contributed by atoms with van der Waals surface area (Å²) in [6, 6.07) is 13.1. The zero-order valence-electron chi connectivity index (χ0n) is 17.2. The van der Waals surface area contributed by atoms with E-state index in [0.717, 1.165) is 19.6 Å². The summed E-state index contributed by atoms with van der Waals surface area (Å²) in [7, 11) is 1.61. The standard InChI is InChI=1S/C23H34N2O2/c1-6-13-24(17-22(26)18-27-5)16-21-8-7-14-25(21)15-19-9-11-20(12-10-19)23(2,3)4/h6-12,14,22,26H,1,13,15-18H2,2-5H3. The van der Waals surface area contributed by atoms with E-state index in [0.29, 0.717) is 13.2 Å². The van der Waals surface area contributed by atoms with Gasteiger partial charge in [-0.05, 0) is 28.7 Å². The molecule has 4 heteroatoms. The molecule has 1 aromatic carbocycles. The van der Waals surface area contributed by atoms with E-state index in [9.17, 15) is 5.11 Å². The predicted molar refractivity (Wildman–Crippen MR) is 112 cm³/mol. The number of rotatable bonds is 10. The van der Waals surface area contributed by atoms with Gasteiger partial charge in [0.2, 0.25) is 0 Å². The van der Waals surface area contributed by atoms with Crippen molar-refractivity contribution < 1.29 is 9.84 Å². The van der Waals surface area contributed by atoms with Crippen molar-refractivity contribution in [2.45, 2.75) is 45.4 Å². The fraction of sp³-hybridized carbons (Fsp3) is 0.478. The molecule has 1 aromatic heterocycles. The molecule has 0 aliphatic heterocycles. The van der Waals surface area contributed by atoms with Crippen LogP contribution in [-0.2, 0) is 23.2 Å². The average molecular weight is 371 g/mol.